The third kappa shape index (κ3) is 3.78. The molecule has 2 aromatic carbocycles. The molecule has 0 unspecified atom stereocenters. The molecule has 4 rings (SSSR count). The Labute approximate surface area is 175 Å². The molecule has 0 atom stereocenters. The van der Waals surface area contributed by atoms with Crippen LogP contribution in [0.4, 0.5) is 5.69 Å². The van der Waals surface area contributed by atoms with Crippen LogP contribution in [0.15, 0.2) is 24.3 Å². The van der Waals surface area contributed by atoms with E-state index >= 15 is 0 Å². The summed E-state index contributed by atoms with van der Waals surface area (Å²) in [4.78, 5) is 26.1. The van der Waals surface area contributed by atoms with Crippen molar-refractivity contribution in [3.63, 3.8) is 0 Å². The molecule has 0 saturated carbocycles. The molecular weight excluding hydrogens is 386 g/mol. The Bertz CT molecular complexity index is 988. The van der Waals surface area contributed by atoms with Crippen LogP contribution in [0.25, 0.3) is 0 Å². The molecule has 2 N–H and O–H groups in total. The fourth-order valence-electron chi connectivity index (χ4n) is 3.97. The molecule has 158 valence electrons. The predicted octanol–water partition coefficient (Wildman–Crippen LogP) is 2.30. The maximum absolute atomic E-state index is 12.7. The Morgan fingerprint density at radius 2 is 1.87 bits per heavy atom. The smallest absolute Gasteiger partial charge is 0.251 e. The molecule has 0 aliphatic carbocycles. The monoisotopic (exact) mass is 411 g/mol. The summed E-state index contributed by atoms with van der Waals surface area (Å²) < 4.78 is 17.1. The summed E-state index contributed by atoms with van der Waals surface area (Å²) in [6.45, 7) is 3.57. The number of rotatable bonds is 5. The number of hydrogen-bond acceptors (Lipinski definition) is 6. The first-order valence-corrected chi connectivity index (χ1v) is 9.82. The van der Waals surface area contributed by atoms with Gasteiger partial charge in [0, 0.05) is 48.9 Å². The van der Waals surface area contributed by atoms with E-state index in [0.29, 0.717) is 35.0 Å². The molecule has 2 aliphatic heterocycles. The molecule has 8 heteroatoms. The van der Waals surface area contributed by atoms with Crippen LogP contribution in [0.3, 0.4) is 0 Å². The first kappa shape index (κ1) is 20.0. The number of likely N-dealkylation sites (N-methyl/N-ethyl adjacent to an activating group) is 1. The minimum atomic E-state index is -0.200. The quantitative estimate of drug-likeness (QED) is 0.785. The average molecular weight is 411 g/mol. The number of carbonyl (C=O) groups excluding carboxylic acids is 2. The molecule has 30 heavy (non-hydrogen) atoms. The van der Waals surface area contributed by atoms with Crippen molar-refractivity contribution in [2.24, 2.45) is 0 Å². The highest BCUT2D eigenvalue weighted by Gasteiger charge is 2.32. The lowest BCUT2D eigenvalue weighted by atomic mass is 9.92. The summed E-state index contributed by atoms with van der Waals surface area (Å²) in [5, 5.41) is 5.68. The number of ether oxygens (including phenoxy) is 3. The van der Waals surface area contributed by atoms with Crippen molar-refractivity contribution in [3.05, 3.63) is 46.5 Å². The van der Waals surface area contributed by atoms with E-state index in [1.54, 1.807) is 31.4 Å². The van der Waals surface area contributed by atoms with E-state index in [2.05, 4.69) is 22.6 Å². The van der Waals surface area contributed by atoms with Crippen LogP contribution in [0, 0.1) is 0 Å². The number of fused-ring (bicyclic) bond motifs is 2. The van der Waals surface area contributed by atoms with Gasteiger partial charge in [0.25, 0.3) is 5.91 Å². The van der Waals surface area contributed by atoms with E-state index in [0.717, 1.165) is 36.2 Å². The molecule has 2 amide bonds. The first-order valence-electron chi connectivity index (χ1n) is 9.82. The van der Waals surface area contributed by atoms with E-state index in [9.17, 15) is 9.59 Å². The molecule has 2 aliphatic rings. The Hall–Kier alpha value is -3.26. The summed E-state index contributed by atoms with van der Waals surface area (Å²) in [7, 11) is 3.71. The molecule has 0 spiro atoms. The Morgan fingerprint density at radius 1 is 1.13 bits per heavy atom. The lowest BCUT2D eigenvalue weighted by Gasteiger charge is -2.29. The molecule has 8 nitrogen and oxygen atoms in total. The number of amides is 2. The Kier molecular flexibility index (Phi) is 5.50. The van der Waals surface area contributed by atoms with Gasteiger partial charge in [0.1, 0.15) is 0 Å². The van der Waals surface area contributed by atoms with Crippen molar-refractivity contribution in [1.82, 2.24) is 10.2 Å². The summed E-state index contributed by atoms with van der Waals surface area (Å²) in [6.07, 6.45) is 0.843. The van der Waals surface area contributed by atoms with Crippen LogP contribution in [0.2, 0.25) is 0 Å². The number of methoxy groups -OCH3 is 1. The molecule has 0 radical (unpaired) electrons. The van der Waals surface area contributed by atoms with E-state index in [4.69, 9.17) is 14.2 Å². The van der Waals surface area contributed by atoms with Crippen LogP contribution in [-0.2, 0) is 24.3 Å². The van der Waals surface area contributed by atoms with Gasteiger partial charge in [-0.3, -0.25) is 9.59 Å². The van der Waals surface area contributed by atoms with Gasteiger partial charge in [0.05, 0.1) is 7.11 Å². The number of hydrogen-bond donors (Lipinski definition) is 2. The number of carbonyl (C=O) groups is 2. The van der Waals surface area contributed by atoms with Gasteiger partial charge in [-0.1, -0.05) is 0 Å². The largest absolute Gasteiger partial charge is 0.492 e. The van der Waals surface area contributed by atoms with Crippen molar-refractivity contribution in [2.75, 3.05) is 32.8 Å². The molecular formula is C22H25N3O5. The lowest BCUT2D eigenvalue weighted by molar-refractivity contribution is -0.114. The predicted molar refractivity (Wildman–Crippen MR) is 111 cm³/mol. The molecule has 0 bridgehead atoms. The van der Waals surface area contributed by atoms with Crippen molar-refractivity contribution in [3.8, 4) is 17.2 Å². The van der Waals surface area contributed by atoms with Crippen LogP contribution < -0.4 is 24.8 Å². The van der Waals surface area contributed by atoms with Gasteiger partial charge in [-0.15, -0.1) is 0 Å². The van der Waals surface area contributed by atoms with Crippen LogP contribution >= 0.6 is 0 Å². The average Bonchev–Trinajstić information content (AvgIpc) is 3.20. The number of nitrogens with zero attached hydrogens (tertiary/aromatic N) is 1. The van der Waals surface area contributed by atoms with Crippen LogP contribution in [0.1, 0.15) is 34.0 Å². The highest BCUT2D eigenvalue weighted by Crippen LogP contribution is 2.49. The van der Waals surface area contributed by atoms with Gasteiger partial charge >= 0.3 is 0 Å². The van der Waals surface area contributed by atoms with Crippen LogP contribution in [-0.4, -0.2) is 44.2 Å². The number of nitrogens with one attached hydrogen (secondary N) is 2. The lowest BCUT2D eigenvalue weighted by Crippen LogP contribution is -2.30. The molecule has 0 saturated heterocycles. The third-order valence-electron chi connectivity index (χ3n) is 5.36. The van der Waals surface area contributed by atoms with E-state index < -0.39 is 0 Å². The SMILES string of the molecule is COc1c2c(c(CNC(=O)c3ccc(NC(C)=O)cc3)c3c1OCO3)CCN(C)C2. The summed E-state index contributed by atoms with van der Waals surface area (Å²) in [6, 6.07) is 6.78. The second-order valence-electron chi connectivity index (χ2n) is 7.46. The molecule has 0 fully saturated rings. The fraction of sp³-hybridized carbons (Fsp3) is 0.364. The van der Waals surface area contributed by atoms with Gasteiger partial charge in [0.15, 0.2) is 11.5 Å². The molecule has 2 heterocycles. The molecule has 0 aromatic heterocycles. The topological polar surface area (TPSA) is 89.1 Å². The number of anilines is 1. The van der Waals surface area contributed by atoms with Crippen molar-refractivity contribution >= 4 is 17.5 Å². The maximum Gasteiger partial charge on any atom is 0.251 e. The zero-order valence-electron chi connectivity index (χ0n) is 17.3. The zero-order valence-corrected chi connectivity index (χ0v) is 17.3. The summed E-state index contributed by atoms with van der Waals surface area (Å²) >= 11 is 0. The standard InChI is InChI=1S/C22H25N3O5/c1-13(26)24-15-6-4-14(5-7-15)22(27)23-10-17-16-8-9-25(2)11-18(16)19(28-3)21-20(17)29-12-30-21/h4-7H,8-12H2,1-3H3,(H,23,27)(H,24,26). The summed E-state index contributed by atoms with van der Waals surface area (Å²) in [5.74, 6) is 1.62. The number of benzene rings is 2. The first-order chi connectivity index (χ1) is 14.5. The van der Waals surface area contributed by atoms with E-state index in [-0.39, 0.29) is 18.6 Å². The normalized spacial score (nSPS) is 14.8. The van der Waals surface area contributed by atoms with Crippen molar-refractivity contribution < 1.29 is 23.8 Å². The minimum Gasteiger partial charge on any atom is -0.492 e. The zero-order chi connectivity index (χ0) is 21.3. The minimum absolute atomic E-state index is 0.135. The van der Waals surface area contributed by atoms with Gasteiger partial charge in [0.2, 0.25) is 18.4 Å². The molecule has 2 aromatic rings. The van der Waals surface area contributed by atoms with Crippen molar-refractivity contribution in [1.29, 1.82) is 0 Å². The fourth-order valence-corrected chi connectivity index (χ4v) is 3.97. The van der Waals surface area contributed by atoms with Gasteiger partial charge in [-0.2, -0.15) is 0 Å². The van der Waals surface area contributed by atoms with Gasteiger partial charge in [-0.05, 0) is 43.3 Å². The summed E-state index contributed by atoms with van der Waals surface area (Å²) in [5.41, 5.74) is 4.33. The van der Waals surface area contributed by atoms with E-state index in [1.807, 2.05) is 0 Å². The van der Waals surface area contributed by atoms with Crippen molar-refractivity contribution in [2.45, 2.75) is 26.4 Å². The third-order valence-corrected chi connectivity index (χ3v) is 5.36. The Balaban J connectivity index is 1.58. The van der Waals surface area contributed by atoms with Crippen LogP contribution in [0.5, 0.6) is 17.2 Å². The second-order valence-corrected chi connectivity index (χ2v) is 7.46. The van der Waals surface area contributed by atoms with E-state index in [1.165, 1.54) is 6.92 Å². The Morgan fingerprint density at radius 3 is 2.57 bits per heavy atom. The maximum atomic E-state index is 12.7. The second kappa shape index (κ2) is 8.23. The highest BCUT2D eigenvalue weighted by molar-refractivity contribution is 5.95. The van der Waals surface area contributed by atoms with Gasteiger partial charge < -0.3 is 29.7 Å². The van der Waals surface area contributed by atoms with Gasteiger partial charge in [-0.25, -0.2) is 0 Å². The highest BCUT2D eigenvalue weighted by atomic mass is 16.7.